The number of carbonyl (C=O) groups excluding carboxylic acids is 3. The number of aromatic nitrogens is 3. The van der Waals surface area contributed by atoms with Gasteiger partial charge in [-0.25, -0.2) is 13.5 Å². The zero-order valence-corrected chi connectivity index (χ0v) is 30.8. The van der Waals surface area contributed by atoms with E-state index in [1.807, 2.05) is 6.92 Å². The van der Waals surface area contributed by atoms with E-state index in [2.05, 4.69) is 10.3 Å². The van der Waals surface area contributed by atoms with Crippen LogP contribution in [0, 0.1) is 17.3 Å². The molecule has 1 aromatic heterocycles. The van der Waals surface area contributed by atoms with Gasteiger partial charge in [-0.05, 0) is 61.9 Å². The number of aryl methyl sites for hydroxylation is 1. The summed E-state index contributed by atoms with van der Waals surface area (Å²) >= 11 is 6.76. The first-order valence-electron chi connectivity index (χ1n) is 17.4. The molecule has 3 heterocycles. The number of alkyl halides is 2. The number of rotatable bonds is 12. The van der Waals surface area contributed by atoms with Crippen molar-refractivity contribution in [2.75, 3.05) is 33.9 Å². The van der Waals surface area contributed by atoms with Gasteiger partial charge in [-0.1, -0.05) is 30.2 Å². The van der Waals surface area contributed by atoms with E-state index in [-0.39, 0.29) is 48.9 Å². The average Bonchev–Trinajstić information content (AvgIpc) is 3.81. The second kappa shape index (κ2) is 15.3. The van der Waals surface area contributed by atoms with Crippen LogP contribution in [-0.2, 0) is 45.8 Å². The molecule has 2 aliphatic heterocycles. The first-order valence-corrected chi connectivity index (χ1v) is 17.8. The highest BCUT2D eigenvalue weighted by Gasteiger charge is 2.52. The van der Waals surface area contributed by atoms with Crippen LogP contribution in [0.3, 0.4) is 0 Å². The number of halogens is 3. The third-order valence-electron chi connectivity index (χ3n) is 10.7. The SMILES string of the molecule is COc1ccc(COC(=O)[C@@]2(C)CCC[C@H]2C(=O)N2CCc3c(Cl)ccc(OCc4nnn(C)c4C(F)F)c3[C@H]2CN2C[C@H](C)CC2=O)c(OC)c1. The highest BCUT2D eigenvalue weighted by Crippen LogP contribution is 2.48. The van der Waals surface area contributed by atoms with Gasteiger partial charge in [0.25, 0.3) is 6.43 Å². The number of carbonyl (C=O) groups is 3. The molecule has 0 unspecified atom stereocenters. The third kappa shape index (κ3) is 7.13. The van der Waals surface area contributed by atoms with E-state index < -0.39 is 29.8 Å². The summed E-state index contributed by atoms with van der Waals surface area (Å²) in [5.41, 5.74) is 0.539. The Hall–Kier alpha value is -4.46. The number of benzene rings is 2. The Morgan fingerprint density at radius 2 is 1.90 bits per heavy atom. The van der Waals surface area contributed by atoms with Crippen LogP contribution in [0.15, 0.2) is 30.3 Å². The minimum atomic E-state index is -2.81. The second-order valence-corrected chi connectivity index (χ2v) is 14.5. The highest BCUT2D eigenvalue weighted by molar-refractivity contribution is 6.31. The highest BCUT2D eigenvalue weighted by atomic mass is 35.5. The van der Waals surface area contributed by atoms with Crippen molar-refractivity contribution in [1.29, 1.82) is 0 Å². The van der Waals surface area contributed by atoms with Gasteiger partial charge < -0.3 is 28.7 Å². The standard InChI is InChI=1S/C37H44ClF2N5O7/c1-21-15-31(46)44(17-21)18-28-32-24(26(38)10-11-29(32)51-20-27-33(34(39)40)43(3)42-41-27)12-14-45(28)35(47)25-7-6-13-37(25,2)36(48)52-19-22-8-9-23(49-4)16-30(22)50-5/h8-11,16,21,25,28,34H,6-7,12-15,17-20H2,1-5H3/t21-,25+,28-,37+/m1/s1. The molecule has 15 heteroatoms. The fraction of sp³-hybridized carbons (Fsp3) is 0.541. The van der Waals surface area contributed by atoms with E-state index in [0.717, 1.165) is 10.2 Å². The maximum atomic E-state index is 14.8. The van der Waals surface area contributed by atoms with Gasteiger partial charge >= 0.3 is 5.97 Å². The minimum absolute atomic E-state index is 0.0162. The van der Waals surface area contributed by atoms with Gasteiger partial charge in [0.2, 0.25) is 11.8 Å². The smallest absolute Gasteiger partial charge is 0.312 e. The van der Waals surface area contributed by atoms with Crippen molar-refractivity contribution in [3.63, 3.8) is 0 Å². The minimum Gasteiger partial charge on any atom is -0.497 e. The summed E-state index contributed by atoms with van der Waals surface area (Å²) in [6.45, 7) is 4.42. The van der Waals surface area contributed by atoms with Gasteiger partial charge in [0.1, 0.15) is 41.9 Å². The quantitative estimate of drug-likeness (QED) is 0.210. The van der Waals surface area contributed by atoms with Gasteiger partial charge in [-0.3, -0.25) is 14.4 Å². The maximum absolute atomic E-state index is 14.8. The molecule has 3 aliphatic rings. The predicted octanol–water partition coefficient (Wildman–Crippen LogP) is 5.85. The Morgan fingerprint density at radius 3 is 2.60 bits per heavy atom. The number of methoxy groups -OCH3 is 2. The lowest BCUT2D eigenvalue weighted by molar-refractivity contribution is -0.164. The number of hydrogen-bond acceptors (Lipinski definition) is 9. The lowest BCUT2D eigenvalue weighted by Gasteiger charge is -2.43. The van der Waals surface area contributed by atoms with Crippen LogP contribution >= 0.6 is 11.6 Å². The van der Waals surface area contributed by atoms with Gasteiger partial charge in [0, 0.05) is 55.3 Å². The topological polar surface area (TPSA) is 125 Å². The number of ether oxygens (including phenoxy) is 4. The van der Waals surface area contributed by atoms with Crippen molar-refractivity contribution in [2.45, 2.75) is 71.6 Å². The lowest BCUT2D eigenvalue weighted by Crippen LogP contribution is -2.50. The maximum Gasteiger partial charge on any atom is 0.312 e. The first kappa shape index (κ1) is 37.3. The second-order valence-electron chi connectivity index (χ2n) is 14.1. The zero-order chi connectivity index (χ0) is 37.3. The summed E-state index contributed by atoms with van der Waals surface area (Å²) in [6, 6.07) is 7.89. The van der Waals surface area contributed by atoms with Gasteiger partial charge in [-0.15, -0.1) is 5.10 Å². The Bertz CT molecular complexity index is 1840. The molecule has 0 bridgehead atoms. The third-order valence-corrected chi connectivity index (χ3v) is 11.1. The zero-order valence-electron chi connectivity index (χ0n) is 30.0. The van der Waals surface area contributed by atoms with Crippen molar-refractivity contribution in [3.05, 3.63) is 63.4 Å². The van der Waals surface area contributed by atoms with E-state index in [9.17, 15) is 23.2 Å². The molecule has 6 rings (SSSR count). The van der Waals surface area contributed by atoms with Gasteiger partial charge in [-0.2, -0.15) is 0 Å². The molecule has 3 aromatic rings. The molecule has 4 atom stereocenters. The summed E-state index contributed by atoms with van der Waals surface area (Å²) < 4.78 is 51.5. The summed E-state index contributed by atoms with van der Waals surface area (Å²) in [7, 11) is 4.46. The van der Waals surface area contributed by atoms with Crippen LogP contribution in [0.5, 0.6) is 17.2 Å². The number of amides is 2. The molecule has 2 amide bonds. The molecular weight excluding hydrogens is 700 g/mol. The fourth-order valence-electron chi connectivity index (χ4n) is 7.92. The van der Waals surface area contributed by atoms with Crippen molar-refractivity contribution < 1.29 is 42.1 Å². The van der Waals surface area contributed by atoms with E-state index in [0.29, 0.717) is 78.6 Å². The summed E-state index contributed by atoms with van der Waals surface area (Å²) in [6.07, 6.45) is -0.446. The van der Waals surface area contributed by atoms with Gasteiger partial charge in [0.05, 0.1) is 31.6 Å². The number of fused-ring (bicyclic) bond motifs is 1. The summed E-state index contributed by atoms with van der Waals surface area (Å²) in [5.74, 6) is 0.167. The lowest BCUT2D eigenvalue weighted by atomic mass is 9.78. The number of esters is 1. The molecule has 12 nitrogen and oxygen atoms in total. The van der Waals surface area contributed by atoms with Gasteiger partial charge in [0.15, 0.2) is 0 Å². The Kier molecular flexibility index (Phi) is 10.9. The van der Waals surface area contributed by atoms with E-state index >= 15 is 0 Å². The van der Waals surface area contributed by atoms with Crippen molar-refractivity contribution in [1.82, 2.24) is 24.8 Å². The van der Waals surface area contributed by atoms with Crippen LogP contribution < -0.4 is 14.2 Å². The monoisotopic (exact) mass is 743 g/mol. The number of nitrogens with zero attached hydrogens (tertiary/aromatic N) is 5. The summed E-state index contributed by atoms with van der Waals surface area (Å²) in [4.78, 5) is 45.3. The molecule has 1 saturated heterocycles. The fourth-order valence-corrected chi connectivity index (χ4v) is 8.18. The van der Waals surface area contributed by atoms with E-state index in [1.54, 1.807) is 54.2 Å². The molecule has 0 radical (unpaired) electrons. The van der Waals surface area contributed by atoms with Crippen molar-refractivity contribution in [2.24, 2.45) is 24.3 Å². The molecule has 2 aromatic carbocycles. The van der Waals surface area contributed by atoms with Crippen LogP contribution in [-0.4, -0.2) is 76.4 Å². The Morgan fingerprint density at radius 1 is 1.12 bits per heavy atom. The van der Waals surface area contributed by atoms with Crippen LogP contribution in [0.1, 0.15) is 80.1 Å². The summed E-state index contributed by atoms with van der Waals surface area (Å²) in [5, 5.41) is 8.10. The normalized spacial score (nSPS) is 22.9. The number of hydrogen-bond donors (Lipinski definition) is 0. The molecule has 0 spiro atoms. The molecule has 1 saturated carbocycles. The van der Waals surface area contributed by atoms with E-state index in [4.69, 9.17) is 30.5 Å². The van der Waals surface area contributed by atoms with Crippen molar-refractivity contribution in [3.8, 4) is 17.2 Å². The van der Waals surface area contributed by atoms with Crippen molar-refractivity contribution >= 4 is 29.4 Å². The molecule has 2 fully saturated rings. The number of likely N-dealkylation sites (tertiary alicyclic amines) is 1. The molecule has 0 N–H and O–H groups in total. The first-order chi connectivity index (χ1) is 24.9. The van der Waals surface area contributed by atoms with Crippen LogP contribution in [0.4, 0.5) is 8.78 Å². The van der Waals surface area contributed by atoms with Crippen LogP contribution in [0.25, 0.3) is 0 Å². The van der Waals surface area contributed by atoms with E-state index in [1.165, 1.54) is 14.2 Å². The molecular formula is C37H44ClF2N5O7. The predicted molar refractivity (Wildman–Crippen MR) is 185 cm³/mol. The molecule has 280 valence electrons. The van der Waals surface area contributed by atoms with Crippen LogP contribution in [0.2, 0.25) is 5.02 Å². The Balaban J connectivity index is 1.30. The largest absolute Gasteiger partial charge is 0.497 e. The molecule has 1 aliphatic carbocycles. The average molecular weight is 744 g/mol. The molecule has 52 heavy (non-hydrogen) atoms. The Labute approximate surface area is 306 Å².